The molecule has 12 heteroatoms. The monoisotopic (exact) mass is 441 g/mol. The Balaban J connectivity index is 1.75. The third-order valence-electron chi connectivity index (χ3n) is 4.40. The normalized spacial score (nSPS) is 19.2. The summed E-state index contributed by atoms with van der Waals surface area (Å²) in [5.74, 6) is -1.91. The number of halogens is 6. The molecule has 2 aromatic rings. The molecule has 31 heavy (non-hydrogen) atoms. The molecule has 1 fully saturated rings. The van der Waals surface area contributed by atoms with Crippen molar-refractivity contribution in [3.8, 4) is 11.5 Å². The highest BCUT2D eigenvalue weighted by atomic mass is 19.4. The summed E-state index contributed by atoms with van der Waals surface area (Å²) >= 11 is 0. The van der Waals surface area contributed by atoms with Crippen molar-refractivity contribution in [1.82, 2.24) is 10.7 Å². The molecule has 0 saturated carbocycles. The predicted molar refractivity (Wildman–Crippen MR) is 99.8 cm³/mol. The van der Waals surface area contributed by atoms with Crippen molar-refractivity contribution in [3.05, 3.63) is 65.9 Å². The quantitative estimate of drug-likeness (QED) is 0.614. The van der Waals surface area contributed by atoms with Crippen LogP contribution in [0, 0.1) is 5.41 Å². The number of nitrogens with zero attached hydrogens (tertiary/aromatic N) is 2. The van der Waals surface area contributed by atoms with Gasteiger partial charge >= 0.3 is 12.4 Å². The summed E-state index contributed by atoms with van der Waals surface area (Å²) < 4.78 is 85.5. The fraction of sp³-hybridized carbons (Fsp3) is 0.158. The molecule has 2 aliphatic rings. The van der Waals surface area contributed by atoms with E-state index < -0.39 is 41.5 Å². The zero-order chi connectivity index (χ0) is 22.4. The molecule has 2 aliphatic heterocycles. The van der Waals surface area contributed by atoms with E-state index in [4.69, 9.17) is 10.1 Å². The van der Waals surface area contributed by atoms with Crippen LogP contribution in [0.25, 0.3) is 0 Å². The average molecular weight is 441 g/mol. The third kappa shape index (κ3) is 3.93. The Morgan fingerprint density at radius 2 is 1.55 bits per heavy atom. The number of hydrazine groups is 1. The van der Waals surface area contributed by atoms with E-state index in [-0.39, 0.29) is 11.4 Å². The Kier molecular flexibility index (Phi) is 4.88. The Labute approximate surface area is 171 Å². The maximum absolute atomic E-state index is 13.5. The first-order chi connectivity index (χ1) is 14.6. The van der Waals surface area contributed by atoms with Crippen LogP contribution in [0.15, 0.2) is 70.9 Å². The molecule has 0 spiro atoms. The minimum Gasteiger partial charge on any atom is -0.455 e. The fourth-order valence-corrected chi connectivity index (χ4v) is 3.10. The van der Waals surface area contributed by atoms with Crippen molar-refractivity contribution in [2.24, 2.45) is 4.99 Å². The summed E-state index contributed by atoms with van der Waals surface area (Å²) in [5, 5.41) is 10.5. The lowest BCUT2D eigenvalue weighted by atomic mass is 10.1. The van der Waals surface area contributed by atoms with Gasteiger partial charge in [0, 0.05) is 0 Å². The van der Waals surface area contributed by atoms with Crippen LogP contribution in [0.4, 0.5) is 32.0 Å². The molecule has 4 rings (SSSR count). The summed E-state index contributed by atoms with van der Waals surface area (Å²) in [6.45, 7) is 0. The zero-order valence-electron chi connectivity index (χ0n) is 15.3. The van der Waals surface area contributed by atoms with Gasteiger partial charge in [-0.15, -0.1) is 0 Å². The summed E-state index contributed by atoms with van der Waals surface area (Å²) in [7, 11) is 0. The highest BCUT2D eigenvalue weighted by Gasteiger charge is 2.51. The zero-order valence-corrected chi connectivity index (χ0v) is 15.3. The number of aliphatic imine (C=N–C) groups is 1. The van der Waals surface area contributed by atoms with Gasteiger partial charge in [0.2, 0.25) is 5.84 Å². The highest BCUT2D eigenvalue weighted by Crippen LogP contribution is 2.39. The van der Waals surface area contributed by atoms with Crippen LogP contribution in [0.1, 0.15) is 0 Å². The molecule has 162 valence electrons. The van der Waals surface area contributed by atoms with E-state index in [1.165, 1.54) is 17.4 Å². The summed E-state index contributed by atoms with van der Waals surface area (Å²) in [6.07, 6.45) is -12.1. The summed E-state index contributed by atoms with van der Waals surface area (Å²) in [6, 6.07) is 14.6. The van der Waals surface area contributed by atoms with Crippen molar-refractivity contribution in [2.45, 2.75) is 18.5 Å². The van der Waals surface area contributed by atoms with Crippen molar-refractivity contribution >= 4 is 17.4 Å². The number of ether oxygens (including phenoxy) is 1. The Bertz CT molecular complexity index is 1080. The van der Waals surface area contributed by atoms with E-state index in [9.17, 15) is 26.3 Å². The van der Waals surface area contributed by atoms with Gasteiger partial charge in [-0.2, -0.15) is 31.8 Å². The molecule has 1 atom stereocenters. The van der Waals surface area contributed by atoms with Crippen molar-refractivity contribution in [3.63, 3.8) is 0 Å². The lowest BCUT2D eigenvalue weighted by Gasteiger charge is -2.25. The number of allylic oxidation sites excluding steroid dienone is 1. The first kappa shape index (κ1) is 20.7. The molecule has 2 aromatic carbocycles. The SMILES string of the molecule is N=C1C2=C(C(F)(F)F)NC(C(F)(F)F)=NC2NN1c1ccccc1Oc1ccccc1. The molecule has 2 heterocycles. The molecule has 6 nitrogen and oxygen atoms in total. The van der Waals surface area contributed by atoms with E-state index in [0.29, 0.717) is 5.75 Å². The average Bonchev–Trinajstić information content (AvgIpc) is 3.03. The largest absolute Gasteiger partial charge is 0.455 e. The van der Waals surface area contributed by atoms with Gasteiger partial charge in [0.25, 0.3) is 0 Å². The van der Waals surface area contributed by atoms with Crippen LogP contribution in [-0.4, -0.2) is 30.2 Å². The lowest BCUT2D eigenvalue weighted by Crippen LogP contribution is -2.47. The van der Waals surface area contributed by atoms with Crippen molar-refractivity contribution < 1.29 is 31.1 Å². The van der Waals surface area contributed by atoms with E-state index in [2.05, 4.69) is 10.4 Å². The van der Waals surface area contributed by atoms with Gasteiger partial charge in [-0.1, -0.05) is 30.3 Å². The van der Waals surface area contributed by atoms with Crippen LogP contribution >= 0.6 is 0 Å². The number of rotatable bonds is 3. The number of hydrogen-bond donors (Lipinski definition) is 3. The molecule has 0 aliphatic carbocycles. The Morgan fingerprint density at radius 3 is 2.19 bits per heavy atom. The van der Waals surface area contributed by atoms with Crippen LogP contribution < -0.4 is 20.5 Å². The minimum absolute atomic E-state index is 0.128. The molecular weight excluding hydrogens is 428 g/mol. The number of amidine groups is 2. The van der Waals surface area contributed by atoms with Crippen LogP contribution in [-0.2, 0) is 0 Å². The summed E-state index contributed by atoms with van der Waals surface area (Å²) in [5.41, 5.74) is 0.113. The van der Waals surface area contributed by atoms with Crippen LogP contribution in [0.5, 0.6) is 11.5 Å². The molecule has 1 saturated heterocycles. The number of benzene rings is 2. The second-order valence-electron chi connectivity index (χ2n) is 6.49. The number of anilines is 1. The lowest BCUT2D eigenvalue weighted by molar-refractivity contribution is -0.0987. The van der Waals surface area contributed by atoms with Gasteiger partial charge in [0.05, 0.1) is 5.57 Å². The van der Waals surface area contributed by atoms with Gasteiger partial charge < -0.3 is 10.1 Å². The van der Waals surface area contributed by atoms with Gasteiger partial charge in [-0.3, -0.25) is 10.4 Å². The molecule has 0 amide bonds. The third-order valence-corrected chi connectivity index (χ3v) is 4.40. The maximum Gasteiger partial charge on any atom is 0.449 e. The van der Waals surface area contributed by atoms with E-state index in [0.717, 1.165) is 5.01 Å². The van der Waals surface area contributed by atoms with E-state index in [1.807, 2.05) is 0 Å². The number of para-hydroxylation sites is 3. The fourth-order valence-electron chi connectivity index (χ4n) is 3.10. The van der Waals surface area contributed by atoms with Gasteiger partial charge in [0.15, 0.2) is 5.75 Å². The van der Waals surface area contributed by atoms with Gasteiger partial charge in [-0.05, 0) is 24.3 Å². The predicted octanol–water partition coefficient (Wildman–Crippen LogP) is 4.49. The highest BCUT2D eigenvalue weighted by molar-refractivity contribution is 6.13. The molecule has 0 bridgehead atoms. The number of fused-ring (bicyclic) bond motifs is 1. The minimum atomic E-state index is -5.16. The molecule has 0 radical (unpaired) electrons. The number of hydrogen-bond acceptors (Lipinski definition) is 5. The number of nitrogens with one attached hydrogen (secondary N) is 3. The molecular formula is C19H13F6N5O. The number of alkyl halides is 6. The second kappa shape index (κ2) is 7.30. The first-order valence-electron chi connectivity index (χ1n) is 8.76. The van der Waals surface area contributed by atoms with E-state index >= 15 is 0 Å². The Hall–Kier alpha value is -3.54. The van der Waals surface area contributed by atoms with E-state index in [1.54, 1.807) is 42.5 Å². The Morgan fingerprint density at radius 1 is 0.903 bits per heavy atom. The summed E-state index contributed by atoms with van der Waals surface area (Å²) in [4.78, 5) is 3.31. The van der Waals surface area contributed by atoms with Crippen molar-refractivity contribution in [1.29, 1.82) is 5.41 Å². The maximum atomic E-state index is 13.5. The molecule has 3 N–H and O–H groups in total. The van der Waals surface area contributed by atoms with Crippen molar-refractivity contribution in [2.75, 3.05) is 5.01 Å². The standard InChI is InChI=1S/C19H13F6N5O/c20-18(21,22)14-13-15(26)30(29-16(13)28-17(27-14)19(23,24)25)11-8-4-5-9-12(11)31-10-6-2-1-3-7-10/h1-9,16,26,29H,(H,27,28). The second-order valence-corrected chi connectivity index (χ2v) is 6.49. The smallest absolute Gasteiger partial charge is 0.449 e. The van der Waals surface area contributed by atoms with Crippen LogP contribution in [0.2, 0.25) is 0 Å². The van der Waals surface area contributed by atoms with Crippen LogP contribution in [0.3, 0.4) is 0 Å². The van der Waals surface area contributed by atoms with Gasteiger partial charge in [-0.25, -0.2) is 4.99 Å². The molecule has 0 aromatic heterocycles. The topological polar surface area (TPSA) is 72.7 Å². The molecule has 1 unspecified atom stereocenters. The van der Waals surface area contributed by atoms with Gasteiger partial charge in [0.1, 0.15) is 29.1 Å². The first-order valence-corrected chi connectivity index (χ1v) is 8.76.